The Balaban J connectivity index is 1.55. The number of carbonyl (C=O) groups is 1. The van der Waals surface area contributed by atoms with Crippen LogP contribution in [0.2, 0.25) is 0 Å². The van der Waals surface area contributed by atoms with Crippen molar-refractivity contribution in [2.45, 2.75) is 13.0 Å². The molecule has 0 spiro atoms. The topological polar surface area (TPSA) is 95.5 Å². The van der Waals surface area contributed by atoms with Crippen molar-refractivity contribution in [3.8, 4) is 5.75 Å². The Morgan fingerprint density at radius 2 is 1.90 bits per heavy atom. The molecule has 9 nitrogen and oxygen atoms in total. The lowest BCUT2D eigenvalue weighted by Crippen LogP contribution is -2.40. The minimum absolute atomic E-state index is 0.184. The normalized spacial score (nSPS) is 17.3. The molecule has 0 bridgehead atoms. The monoisotopic (exact) mass is 571 g/mol. The highest BCUT2D eigenvalue weighted by Gasteiger charge is 2.35. The van der Waals surface area contributed by atoms with Gasteiger partial charge in [0.15, 0.2) is 10.7 Å². The van der Waals surface area contributed by atoms with Gasteiger partial charge in [0.05, 0.1) is 48.8 Å². The van der Waals surface area contributed by atoms with Gasteiger partial charge in [-0.05, 0) is 30.7 Å². The van der Waals surface area contributed by atoms with Crippen LogP contribution in [-0.2, 0) is 14.3 Å². The van der Waals surface area contributed by atoms with Crippen LogP contribution in [0.25, 0.3) is 11.8 Å². The van der Waals surface area contributed by atoms with Gasteiger partial charge in [0.1, 0.15) is 11.5 Å². The van der Waals surface area contributed by atoms with Gasteiger partial charge in [-0.25, -0.2) is 9.79 Å². The number of aromatic nitrogens is 1. The number of ether oxygens (including phenoxy) is 3. The van der Waals surface area contributed by atoms with Crippen LogP contribution >= 0.6 is 11.3 Å². The van der Waals surface area contributed by atoms with Crippen LogP contribution in [0.5, 0.6) is 5.75 Å². The molecule has 10 heteroatoms. The number of nitrogens with zero attached hydrogens (tertiary/aromatic N) is 3. The first-order valence-corrected chi connectivity index (χ1v) is 14.2. The molecule has 1 atom stereocenters. The summed E-state index contributed by atoms with van der Waals surface area (Å²) in [5, 5.41) is 0. The Morgan fingerprint density at radius 1 is 1.10 bits per heavy atom. The van der Waals surface area contributed by atoms with E-state index in [2.05, 4.69) is 4.90 Å². The third-order valence-corrected chi connectivity index (χ3v) is 7.97. The number of fused-ring (bicyclic) bond motifs is 1. The molecular weight excluding hydrogens is 542 g/mol. The first-order valence-electron chi connectivity index (χ1n) is 13.4. The zero-order chi connectivity index (χ0) is 28.3. The first kappa shape index (κ1) is 26.8. The maximum Gasteiger partial charge on any atom is 0.338 e. The standard InChI is InChI=1S/C31H29N3O6S/c1-3-39-30(36)26-27(20-8-5-4-6-9-20)32-31-34(28(26)21-10-7-11-22(18-21)37-2)29(35)24(41-31)19-23-12-13-25(40-23)33-14-16-38-17-15-33/h4-13,18-19,28H,3,14-17H2,1-2H3/b24-19-/t28-/m0/s1. The minimum atomic E-state index is -0.779. The van der Waals surface area contributed by atoms with Gasteiger partial charge in [0, 0.05) is 30.8 Å². The summed E-state index contributed by atoms with van der Waals surface area (Å²) in [5.74, 6) is 1.37. The Morgan fingerprint density at radius 3 is 2.66 bits per heavy atom. The molecule has 2 aliphatic rings. The number of furan rings is 1. The van der Waals surface area contributed by atoms with E-state index in [1.54, 1.807) is 24.7 Å². The molecule has 1 saturated heterocycles. The van der Waals surface area contributed by atoms with Crippen LogP contribution < -0.4 is 24.5 Å². The van der Waals surface area contributed by atoms with Crippen LogP contribution in [0.4, 0.5) is 5.88 Å². The summed E-state index contributed by atoms with van der Waals surface area (Å²) < 4.78 is 24.5. The Labute approximate surface area is 240 Å². The third-order valence-electron chi connectivity index (χ3n) is 6.99. The fourth-order valence-corrected chi connectivity index (χ4v) is 6.05. The second-order valence-electron chi connectivity index (χ2n) is 9.48. The Hall–Kier alpha value is -4.41. The van der Waals surface area contributed by atoms with Crippen molar-refractivity contribution in [2.75, 3.05) is 44.9 Å². The fourth-order valence-electron chi connectivity index (χ4n) is 5.07. The predicted octanol–water partition coefficient (Wildman–Crippen LogP) is 3.37. The number of morpholine rings is 1. The number of carbonyl (C=O) groups excluding carboxylic acids is 1. The number of rotatable bonds is 7. The zero-order valence-corrected chi connectivity index (χ0v) is 23.6. The molecule has 0 radical (unpaired) electrons. The summed E-state index contributed by atoms with van der Waals surface area (Å²) in [6, 6.07) is 19.8. The molecule has 41 heavy (non-hydrogen) atoms. The average molecular weight is 572 g/mol. The number of thiazole rings is 1. The lowest BCUT2D eigenvalue weighted by molar-refractivity contribution is -0.138. The van der Waals surface area contributed by atoms with Crippen molar-refractivity contribution in [3.05, 3.63) is 109 Å². The van der Waals surface area contributed by atoms with Crippen LogP contribution in [0.15, 0.2) is 86.5 Å². The van der Waals surface area contributed by atoms with E-state index in [9.17, 15) is 9.59 Å². The summed E-state index contributed by atoms with van der Waals surface area (Å²) in [6.45, 7) is 4.72. The summed E-state index contributed by atoms with van der Waals surface area (Å²) in [5.41, 5.74) is 1.94. The average Bonchev–Trinajstić information content (AvgIpc) is 3.61. The van der Waals surface area contributed by atoms with Gasteiger partial charge in [-0.15, -0.1) is 0 Å². The molecule has 0 aliphatic carbocycles. The second-order valence-corrected chi connectivity index (χ2v) is 10.5. The predicted molar refractivity (Wildman–Crippen MR) is 156 cm³/mol. The van der Waals surface area contributed by atoms with Gasteiger partial charge in [-0.3, -0.25) is 9.36 Å². The van der Waals surface area contributed by atoms with E-state index in [0.717, 1.165) is 24.5 Å². The molecule has 0 amide bonds. The smallest absolute Gasteiger partial charge is 0.338 e. The summed E-state index contributed by atoms with van der Waals surface area (Å²) in [7, 11) is 1.58. The second kappa shape index (κ2) is 11.6. The van der Waals surface area contributed by atoms with Gasteiger partial charge >= 0.3 is 5.97 Å². The number of methoxy groups -OCH3 is 1. The zero-order valence-electron chi connectivity index (χ0n) is 22.7. The maximum atomic E-state index is 14.0. The number of hydrogen-bond acceptors (Lipinski definition) is 9. The summed E-state index contributed by atoms with van der Waals surface area (Å²) in [4.78, 5) is 35.1. The Kier molecular flexibility index (Phi) is 7.58. The van der Waals surface area contributed by atoms with E-state index in [0.29, 0.717) is 45.3 Å². The van der Waals surface area contributed by atoms with Gasteiger partial charge in [0.25, 0.3) is 5.56 Å². The van der Waals surface area contributed by atoms with E-state index in [4.69, 9.17) is 23.6 Å². The molecule has 0 unspecified atom stereocenters. The lowest BCUT2D eigenvalue weighted by atomic mass is 9.93. The van der Waals surface area contributed by atoms with Crippen LogP contribution in [0, 0.1) is 0 Å². The van der Waals surface area contributed by atoms with E-state index in [-0.39, 0.29) is 17.7 Å². The largest absolute Gasteiger partial charge is 0.497 e. The van der Waals surface area contributed by atoms with Crippen LogP contribution in [0.1, 0.15) is 29.9 Å². The van der Waals surface area contributed by atoms with Crippen molar-refractivity contribution in [2.24, 2.45) is 4.99 Å². The molecule has 1 fully saturated rings. The van der Waals surface area contributed by atoms with Gasteiger partial charge in [0.2, 0.25) is 0 Å². The highest BCUT2D eigenvalue weighted by molar-refractivity contribution is 7.07. The van der Waals surface area contributed by atoms with E-state index in [1.807, 2.05) is 66.7 Å². The number of benzene rings is 2. The van der Waals surface area contributed by atoms with Crippen molar-refractivity contribution in [1.29, 1.82) is 0 Å². The maximum absolute atomic E-state index is 14.0. The van der Waals surface area contributed by atoms with Gasteiger partial charge in [-0.2, -0.15) is 0 Å². The van der Waals surface area contributed by atoms with Crippen LogP contribution in [-0.4, -0.2) is 50.6 Å². The highest BCUT2D eigenvalue weighted by atomic mass is 32.1. The summed E-state index contributed by atoms with van der Waals surface area (Å²) in [6.07, 6.45) is 1.73. The van der Waals surface area contributed by atoms with Crippen molar-refractivity contribution >= 4 is 35.0 Å². The molecule has 0 N–H and O–H groups in total. The van der Waals surface area contributed by atoms with E-state index < -0.39 is 12.0 Å². The number of hydrogen-bond donors (Lipinski definition) is 0. The molecule has 2 aromatic heterocycles. The molecule has 2 aromatic carbocycles. The van der Waals surface area contributed by atoms with Gasteiger partial charge in [-0.1, -0.05) is 53.8 Å². The molecular formula is C31H29N3O6S. The number of anilines is 1. The van der Waals surface area contributed by atoms with E-state index >= 15 is 0 Å². The van der Waals surface area contributed by atoms with Crippen molar-refractivity contribution in [3.63, 3.8) is 0 Å². The first-order chi connectivity index (χ1) is 20.1. The number of esters is 1. The van der Waals surface area contributed by atoms with Crippen molar-refractivity contribution < 1.29 is 23.4 Å². The van der Waals surface area contributed by atoms with Crippen LogP contribution in [0.3, 0.4) is 0 Å². The highest BCUT2D eigenvalue weighted by Crippen LogP contribution is 2.36. The molecule has 6 rings (SSSR count). The molecule has 2 aliphatic heterocycles. The van der Waals surface area contributed by atoms with Gasteiger partial charge < -0.3 is 23.5 Å². The van der Waals surface area contributed by atoms with Crippen molar-refractivity contribution in [1.82, 2.24) is 4.57 Å². The lowest BCUT2D eigenvalue weighted by Gasteiger charge is -2.26. The molecule has 210 valence electrons. The fraction of sp³-hybridized carbons (Fsp3) is 0.258. The molecule has 4 aromatic rings. The molecule has 0 saturated carbocycles. The minimum Gasteiger partial charge on any atom is -0.497 e. The summed E-state index contributed by atoms with van der Waals surface area (Å²) >= 11 is 1.25. The van der Waals surface area contributed by atoms with E-state index in [1.165, 1.54) is 11.3 Å². The molecule has 4 heterocycles. The SMILES string of the molecule is CCOC(=O)C1=C(c2ccccc2)N=c2s/c(=C\c3ccc(N4CCOCC4)o3)c(=O)n2[C@H]1c1cccc(OC)c1. The quantitative estimate of drug-likeness (QED) is 0.314. The third kappa shape index (κ3) is 5.23. The Bertz CT molecular complexity index is 1780.